The summed E-state index contributed by atoms with van der Waals surface area (Å²) in [6.07, 6.45) is 0. The van der Waals surface area contributed by atoms with Gasteiger partial charge in [0.25, 0.3) is 11.8 Å². The second-order valence-electron chi connectivity index (χ2n) is 4.51. The highest BCUT2D eigenvalue weighted by Gasteiger charge is 2.08. The van der Waals surface area contributed by atoms with Crippen LogP contribution in [0.3, 0.4) is 0 Å². The van der Waals surface area contributed by atoms with Crippen LogP contribution in [0, 0.1) is 13.8 Å². The van der Waals surface area contributed by atoms with E-state index >= 15 is 0 Å². The molecule has 2 amide bonds. The summed E-state index contributed by atoms with van der Waals surface area (Å²) in [7, 11) is 0. The predicted molar refractivity (Wildman–Crippen MR) is 81.3 cm³/mol. The molecule has 2 N–H and O–H groups in total. The molecule has 0 spiro atoms. The van der Waals surface area contributed by atoms with Gasteiger partial charge in [0.1, 0.15) is 5.75 Å². The smallest absolute Gasteiger partial charge is 0.279 e. The summed E-state index contributed by atoms with van der Waals surface area (Å²) < 4.78 is 5.37. The number of carbonyl (C=O) groups is 2. The Labute approximate surface area is 126 Å². The van der Waals surface area contributed by atoms with Gasteiger partial charge in [-0.25, -0.2) is 0 Å². The van der Waals surface area contributed by atoms with Gasteiger partial charge in [0.15, 0.2) is 6.61 Å². The Bertz CT molecular complexity index is 638. The molecule has 21 heavy (non-hydrogen) atoms. The first kappa shape index (κ1) is 15.1. The fourth-order valence-corrected chi connectivity index (χ4v) is 2.20. The first-order valence-corrected chi connectivity index (χ1v) is 7.27. The number of hydrogen-bond donors (Lipinski definition) is 2. The van der Waals surface area contributed by atoms with Crippen molar-refractivity contribution in [3.63, 3.8) is 0 Å². The van der Waals surface area contributed by atoms with Crippen LogP contribution in [0.25, 0.3) is 0 Å². The van der Waals surface area contributed by atoms with Gasteiger partial charge in [0, 0.05) is 0 Å². The minimum Gasteiger partial charge on any atom is -0.484 e. The number of benzene rings is 1. The number of hydrazine groups is 1. The highest BCUT2D eigenvalue weighted by atomic mass is 32.1. The number of aryl methyl sites for hydroxylation is 2. The Morgan fingerprint density at radius 3 is 2.62 bits per heavy atom. The predicted octanol–water partition coefficient (Wildman–Crippen LogP) is 2.20. The number of thiophene rings is 1. The van der Waals surface area contributed by atoms with Gasteiger partial charge in [0.2, 0.25) is 0 Å². The molecule has 1 heterocycles. The van der Waals surface area contributed by atoms with E-state index in [1.54, 1.807) is 23.6 Å². The average molecular weight is 304 g/mol. The van der Waals surface area contributed by atoms with Crippen LogP contribution in [0.2, 0.25) is 0 Å². The summed E-state index contributed by atoms with van der Waals surface area (Å²) in [4.78, 5) is 23.7. The van der Waals surface area contributed by atoms with Crippen molar-refractivity contribution in [2.45, 2.75) is 13.8 Å². The summed E-state index contributed by atoms with van der Waals surface area (Å²) in [6.45, 7) is 3.82. The molecule has 0 saturated carbocycles. The van der Waals surface area contributed by atoms with Crippen LogP contribution in [0.5, 0.6) is 5.75 Å². The second kappa shape index (κ2) is 6.90. The van der Waals surface area contributed by atoms with Crippen molar-refractivity contribution in [2.24, 2.45) is 0 Å². The number of nitrogens with one attached hydrogen (secondary N) is 2. The first-order chi connectivity index (χ1) is 10.1. The Balaban J connectivity index is 1.77. The molecular weight excluding hydrogens is 288 g/mol. The number of rotatable bonds is 4. The fraction of sp³-hybridized carbons (Fsp3) is 0.200. The first-order valence-electron chi connectivity index (χ1n) is 6.39. The molecule has 2 aromatic rings. The molecule has 0 aliphatic heterocycles. The average Bonchev–Trinajstić information content (AvgIpc) is 3.00. The molecule has 6 heteroatoms. The monoisotopic (exact) mass is 304 g/mol. The lowest BCUT2D eigenvalue weighted by Gasteiger charge is -2.09. The third kappa shape index (κ3) is 4.32. The van der Waals surface area contributed by atoms with Gasteiger partial charge in [-0.3, -0.25) is 20.4 Å². The maximum Gasteiger partial charge on any atom is 0.279 e. The van der Waals surface area contributed by atoms with Crippen molar-refractivity contribution in [1.29, 1.82) is 0 Å². The molecule has 0 atom stereocenters. The van der Waals surface area contributed by atoms with Crippen LogP contribution in [0.1, 0.15) is 20.8 Å². The van der Waals surface area contributed by atoms with Crippen molar-refractivity contribution in [3.05, 3.63) is 51.7 Å². The third-order valence-electron chi connectivity index (χ3n) is 2.91. The molecule has 1 aromatic heterocycles. The van der Waals surface area contributed by atoms with E-state index in [9.17, 15) is 9.59 Å². The number of amides is 2. The molecule has 0 aliphatic carbocycles. The Hall–Kier alpha value is -2.34. The van der Waals surface area contributed by atoms with E-state index in [2.05, 4.69) is 10.9 Å². The van der Waals surface area contributed by atoms with E-state index < -0.39 is 5.91 Å². The Morgan fingerprint density at radius 2 is 1.95 bits per heavy atom. The van der Waals surface area contributed by atoms with Crippen LogP contribution in [-0.2, 0) is 4.79 Å². The normalized spacial score (nSPS) is 10.0. The zero-order chi connectivity index (χ0) is 15.2. The van der Waals surface area contributed by atoms with Gasteiger partial charge in [-0.2, -0.15) is 0 Å². The highest BCUT2D eigenvalue weighted by molar-refractivity contribution is 7.12. The van der Waals surface area contributed by atoms with E-state index in [-0.39, 0.29) is 12.5 Å². The van der Waals surface area contributed by atoms with E-state index in [1.807, 2.05) is 26.0 Å². The van der Waals surface area contributed by atoms with Crippen LogP contribution in [0.15, 0.2) is 35.7 Å². The largest absolute Gasteiger partial charge is 0.484 e. The molecule has 0 bridgehead atoms. The zero-order valence-corrected chi connectivity index (χ0v) is 12.6. The third-order valence-corrected chi connectivity index (χ3v) is 3.78. The van der Waals surface area contributed by atoms with Crippen LogP contribution >= 0.6 is 11.3 Å². The van der Waals surface area contributed by atoms with E-state index in [0.29, 0.717) is 10.6 Å². The molecular formula is C15H16N2O3S. The Kier molecular flexibility index (Phi) is 4.94. The van der Waals surface area contributed by atoms with Gasteiger partial charge in [-0.05, 0) is 48.6 Å². The highest BCUT2D eigenvalue weighted by Crippen LogP contribution is 2.16. The molecule has 5 nitrogen and oxygen atoms in total. The fourth-order valence-electron chi connectivity index (χ4n) is 1.58. The summed E-state index contributed by atoms with van der Waals surface area (Å²) >= 11 is 1.30. The minimum atomic E-state index is -0.418. The van der Waals surface area contributed by atoms with Gasteiger partial charge in [-0.15, -0.1) is 11.3 Å². The maximum absolute atomic E-state index is 11.6. The lowest BCUT2D eigenvalue weighted by Crippen LogP contribution is -2.43. The van der Waals surface area contributed by atoms with Crippen molar-refractivity contribution in [1.82, 2.24) is 10.9 Å². The molecule has 2 rings (SSSR count). The molecule has 0 radical (unpaired) electrons. The quantitative estimate of drug-likeness (QED) is 0.851. The molecule has 0 aliphatic rings. The number of carbonyl (C=O) groups excluding carboxylic acids is 2. The second-order valence-corrected chi connectivity index (χ2v) is 5.46. The van der Waals surface area contributed by atoms with Crippen LogP contribution < -0.4 is 15.6 Å². The van der Waals surface area contributed by atoms with Crippen molar-refractivity contribution >= 4 is 23.2 Å². The zero-order valence-electron chi connectivity index (χ0n) is 11.8. The lowest BCUT2D eigenvalue weighted by atomic mass is 10.1. The molecule has 0 saturated heterocycles. The van der Waals surface area contributed by atoms with E-state index in [0.717, 1.165) is 11.1 Å². The molecule has 0 unspecified atom stereocenters. The summed E-state index contributed by atoms with van der Waals surface area (Å²) in [5, 5.41) is 1.79. The molecule has 1 aromatic carbocycles. The van der Waals surface area contributed by atoms with Gasteiger partial charge >= 0.3 is 0 Å². The van der Waals surface area contributed by atoms with E-state index in [1.165, 1.54) is 11.3 Å². The summed E-state index contributed by atoms with van der Waals surface area (Å²) in [5.74, 6) is -0.138. The standard InChI is InChI=1S/C15H16N2O3S/c1-10-5-6-12(8-11(10)2)20-9-14(18)16-17-15(19)13-4-3-7-21-13/h3-8H,9H2,1-2H3,(H,16,18)(H,17,19). The van der Waals surface area contributed by atoms with Gasteiger partial charge in [0.05, 0.1) is 4.88 Å². The van der Waals surface area contributed by atoms with Gasteiger partial charge in [-0.1, -0.05) is 12.1 Å². The number of ether oxygens (including phenoxy) is 1. The van der Waals surface area contributed by atoms with Crippen molar-refractivity contribution in [3.8, 4) is 5.75 Å². The van der Waals surface area contributed by atoms with Crippen LogP contribution in [-0.4, -0.2) is 18.4 Å². The van der Waals surface area contributed by atoms with Crippen molar-refractivity contribution < 1.29 is 14.3 Å². The lowest BCUT2D eigenvalue weighted by molar-refractivity contribution is -0.123. The van der Waals surface area contributed by atoms with Crippen molar-refractivity contribution in [2.75, 3.05) is 6.61 Å². The van der Waals surface area contributed by atoms with Gasteiger partial charge < -0.3 is 4.74 Å². The SMILES string of the molecule is Cc1ccc(OCC(=O)NNC(=O)c2cccs2)cc1C. The number of hydrogen-bond acceptors (Lipinski definition) is 4. The summed E-state index contributed by atoms with van der Waals surface area (Å²) in [5.41, 5.74) is 6.90. The Morgan fingerprint density at radius 1 is 1.14 bits per heavy atom. The molecule has 0 fully saturated rings. The van der Waals surface area contributed by atoms with Crippen LogP contribution in [0.4, 0.5) is 0 Å². The van der Waals surface area contributed by atoms with E-state index in [4.69, 9.17) is 4.74 Å². The maximum atomic E-state index is 11.6. The topological polar surface area (TPSA) is 67.4 Å². The summed E-state index contributed by atoms with van der Waals surface area (Å²) in [6, 6.07) is 9.05. The molecule has 110 valence electrons. The minimum absolute atomic E-state index is 0.160.